The Labute approximate surface area is 158 Å². The maximum atomic E-state index is 13.4. The van der Waals surface area contributed by atoms with Crippen molar-refractivity contribution in [3.63, 3.8) is 0 Å². The molecule has 9 heteroatoms. The quantitative estimate of drug-likeness (QED) is 0.610. The number of benzene rings is 2. The zero-order valence-corrected chi connectivity index (χ0v) is 15.4. The normalized spacial score (nSPS) is 11.0. The molecule has 0 fully saturated rings. The van der Waals surface area contributed by atoms with Gasteiger partial charge in [-0.05, 0) is 12.1 Å². The first-order valence-electron chi connectivity index (χ1n) is 7.92. The van der Waals surface area contributed by atoms with E-state index in [2.05, 4.69) is 10.3 Å². The average molecular weight is 393 g/mol. The molecule has 0 bridgehead atoms. The van der Waals surface area contributed by atoms with Gasteiger partial charge in [0.05, 0.1) is 31.0 Å². The van der Waals surface area contributed by atoms with E-state index in [9.17, 15) is 13.6 Å². The SMILES string of the molecule is COc1cc(NC(=O)CSc2nc3ccccc3n2C(F)F)cc(OC)c1. The van der Waals surface area contributed by atoms with Gasteiger partial charge in [-0.25, -0.2) is 4.98 Å². The van der Waals surface area contributed by atoms with Crippen LogP contribution in [0.3, 0.4) is 0 Å². The van der Waals surface area contributed by atoms with Crippen LogP contribution < -0.4 is 14.8 Å². The number of imidazole rings is 1. The summed E-state index contributed by atoms with van der Waals surface area (Å²) in [5, 5.41) is 2.79. The summed E-state index contributed by atoms with van der Waals surface area (Å²) >= 11 is 0.946. The summed E-state index contributed by atoms with van der Waals surface area (Å²) in [6.07, 6.45) is 0. The van der Waals surface area contributed by atoms with Crippen LogP contribution >= 0.6 is 11.8 Å². The lowest BCUT2D eigenvalue weighted by Crippen LogP contribution is -2.15. The number of carbonyl (C=O) groups is 1. The molecule has 0 unspecified atom stereocenters. The average Bonchev–Trinajstić information content (AvgIpc) is 3.04. The van der Waals surface area contributed by atoms with Crippen LogP contribution in [-0.4, -0.2) is 35.4 Å². The highest BCUT2D eigenvalue weighted by Gasteiger charge is 2.19. The first kappa shape index (κ1) is 19.0. The van der Waals surface area contributed by atoms with Gasteiger partial charge in [-0.2, -0.15) is 8.78 Å². The van der Waals surface area contributed by atoms with Crippen LogP contribution in [0.15, 0.2) is 47.6 Å². The highest BCUT2D eigenvalue weighted by Crippen LogP contribution is 2.30. The minimum atomic E-state index is -2.74. The number of rotatable bonds is 7. The second kappa shape index (κ2) is 8.26. The third-order valence-corrected chi connectivity index (χ3v) is 4.68. The highest BCUT2D eigenvalue weighted by molar-refractivity contribution is 7.99. The van der Waals surface area contributed by atoms with Gasteiger partial charge in [-0.1, -0.05) is 23.9 Å². The molecule has 0 saturated heterocycles. The smallest absolute Gasteiger partial charge is 0.321 e. The minimum absolute atomic E-state index is 0.0738. The molecule has 27 heavy (non-hydrogen) atoms. The summed E-state index contributed by atoms with van der Waals surface area (Å²) in [4.78, 5) is 16.4. The maximum Gasteiger partial charge on any atom is 0.321 e. The van der Waals surface area contributed by atoms with Crippen molar-refractivity contribution in [1.29, 1.82) is 0 Å². The van der Waals surface area contributed by atoms with Gasteiger partial charge in [-0.15, -0.1) is 0 Å². The van der Waals surface area contributed by atoms with E-state index < -0.39 is 6.55 Å². The van der Waals surface area contributed by atoms with Gasteiger partial charge >= 0.3 is 6.55 Å². The third-order valence-electron chi connectivity index (χ3n) is 3.73. The van der Waals surface area contributed by atoms with E-state index in [1.54, 1.807) is 42.5 Å². The second-order valence-corrected chi connectivity index (χ2v) is 6.41. The van der Waals surface area contributed by atoms with E-state index in [0.29, 0.717) is 28.2 Å². The molecular weight excluding hydrogens is 376 g/mol. The van der Waals surface area contributed by atoms with Gasteiger partial charge in [0.2, 0.25) is 5.91 Å². The molecule has 0 saturated carbocycles. The summed E-state index contributed by atoms with van der Waals surface area (Å²) in [7, 11) is 3.01. The number of halogens is 2. The number of thioether (sulfide) groups is 1. The van der Waals surface area contributed by atoms with Crippen LogP contribution in [0.5, 0.6) is 11.5 Å². The van der Waals surface area contributed by atoms with Crippen molar-refractivity contribution in [2.24, 2.45) is 0 Å². The van der Waals surface area contributed by atoms with Gasteiger partial charge in [0.25, 0.3) is 0 Å². The molecule has 3 rings (SSSR count). The Bertz CT molecular complexity index is 940. The molecule has 1 heterocycles. The molecule has 0 atom stereocenters. The Morgan fingerprint density at radius 2 is 1.85 bits per heavy atom. The lowest BCUT2D eigenvalue weighted by molar-refractivity contribution is -0.113. The Morgan fingerprint density at radius 3 is 2.48 bits per heavy atom. The lowest BCUT2D eigenvalue weighted by Gasteiger charge is -2.10. The number of nitrogens with one attached hydrogen (secondary N) is 1. The second-order valence-electron chi connectivity index (χ2n) is 5.47. The van der Waals surface area contributed by atoms with Crippen molar-refractivity contribution in [2.45, 2.75) is 11.7 Å². The van der Waals surface area contributed by atoms with Gasteiger partial charge in [0.15, 0.2) is 5.16 Å². The molecule has 142 valence electrons. The molecule has 0 aliphatic rings. The molecule has 3 aromatic rings. The van der Waals surface area contributed by atoms with Crippen LogP contribution in [0.25, 0.3) is 11.0 Å². The molecular formula is C18H17F2N3O3S. The number of ether oxygens (including phenoxy) is 2. The van der Waals surface area contributed by atoms with Crippen LogP contribution in [0, 0.1) is 0 Å². The van der Waals surface area contributed by atoms with Crippen molar-refractivity contribution in [2.75, 3.05) is 25.3 Å². The highest BCUT2D eigenvalue weighted by atomic mass is 32.2. The zero-order chi connectivity index (χ0) is 19.4. The standard InChI is InChI=1S/C18H17F2N3O3S/c1-25-12-7-11(8-13(9-12)26-2)21-16(24)10-27-18-22-14-5-3-4-6-15(14)23(18)17(19)20/h3-9,17H,10H2,1-2H3,(H,21,24). The Morgan fingerprint density at radius 1 is 1.19 bits per heavy atom. The van der Waals surface area contributed by atoms with Crippen LogP contribution in [0.4, 0.5) is 14.5 Å². The van der Waals surface area contributed by atoms with Gasteiger partial charge < -0.3 is 14.8 Å². The molecule has 1 aromatic heterocycles. The maximum absolute atomic E-state index is 13.4. The first-order valence-corrected chi connectivity index (χ1v) is 8.91. The van der Waals surface area contributed by atoms with Crippen LogP contribution in [0.2, 0.25) is 0 Å². The number of para-hydroxylation sites is 2. The fraction of sp³-hybridized carbons (Fsp3) is 0.222. The van der Waals surface area contributed by atoms with Crippen LogP contribution in [0.1, 0.15) is 6.55 Å². The number of fused-ring (bicyclic) bond motifs is 1. The van der Waals surface area contributed by atoms with E-state index in [4.69, 9.17) is 9.47 Å². The fourth-order valence-electron chi connectivity index (χ4n) is 2.52. The topological polar surface area (TPSA) is 65.4 Å². The van der Waals surface area contributed by atoms with E-state index in [1.807, 2.05) is 0 Å². The fourth-order valence-corrected chi connectivity index (χ4v) is 3.33. The Balaban J connectivity index is 1.73. The van der Waals surface area contributed by atoms with Crippen molar-refractivity contribution in [1.82, 2.24) is 9.55 Å². The zero-order valence-electron chi connectivity index (χ0n) is 14.6. The molecule has 1 amide bonds. The number of hydrogen-bond donors (Lipinski definition) is 1. The van der Waals surface area contributed by atoms with Gasteiger partial charge in [0, 0.05) is 23.9 Å². The summed E-state index contributed by atoms with van der Waals surface area (Å²) in [5.74, 6) is 0.618. The van der Waals surface area contributed by atoms with Crippen molar-refractivity contribution in [3.8, 4) is 11.5 Å². The Hall–Kier alpha value is -2.81. The van der Waals surface area contributed by atoms with Gasteiger partial charge in [0.1, 0.15) is 11.5 Å². The molecule has 0 aliphatic carbocycles. The lowest BCUT2D eigenvalue weighted by atomic mass is 10.2. The number of carbonyl (C=O) groups excluding carboxylic acids is 1. The molecule has 1 N–H and O–H groups in total. The number of amides is 1. The van der Waals surface area contributed by atoms with Crippen molar-refractivity contribution in [3.05, 3.63) is 42.5 Å². The van der Waals surface area contributed by atoms with Gasteiger partial charge in [-0.3, -0.25) is 9.36 Å². The Kier molecular flexibility index (Phi) is 5.80. The van der Waals surface area contributed by atoms with E-state index in [0.717, 1.165) is 16.3 Å². The van der Waals surface area contributed by atoms with Crippen molar-refractivity contribution >= 4 is 34.4 Å². The van der Waals surface area contributed by atoms with E-state index >= 15 is 0 Å². The predicted molar refractivity (Wildman–Crippen MR) is 99.9 cm³/mol. The minimum Gasteiger partial charge on any atom is -0.497 e. The largest absolute Gasteiger partial charge is 0.497 e. The molecule has 6 nitrogen and oxygen atoms in total. The molecule has 0 spiro atoms. The number of aromatic nitrogens is 2. The number of anilines is 1. The third kappa shape index (κ3) is 4.30. The molecule has 0 radical (unpaired) electrons. The predicted octanol–water partition coefficient (Wildman–Crippen LogP) is 4.18. The summed E-state index contributed by atoms with van der Waals surface area (Å²) < 4.78 is 37.9. The monoisotopic (exact) mass is 393 g/mol. The summed E-state index contributed by atoms with van der Waals surface area (Å²) in [6, 6.07) is 11.6. The van der Waals surface area contributed by atoms with Crippen LogP contribution in [-0.2, 0) is 4.79 Å². The summed E-state index contributed by atoms with van der Waals surface area (Å²) in [5.41, 5.74) is 1.27. The summed E-state index contributed by atoms with van der Waals surface area (Å²) in [6.45, 7) is -2.74. The number of alkyl halides is 2. The number of hydrogen-bond acceptors (Lipinski definition) is 5. The number of methoxy groups -OCH3 is 2. The first-order chi connectivity index (χ1) is 13.0. The van der Waals surface area contributed by atoms with E-state index in [-0.39, 0.29) is 16.8 Å². The number of nitrogens with zero attached hydrogens (tertiary/aromatic N) is 2. The molecule has 2 aromatic carbocycles. The van der Waals surface area contributed by atoms with Crippen molar-refractivity contribution < 1.29 is 23.0 Å². The molecule has 0 aliphatic heterocycles. The van der Waals surface area contributed by atoms with E-state index in [1.165, 1.54) is 14.2 Å².